The zero-order chi connectivity index (χ0) is 11.3. The number of ether oxygens (including phenoxy) is 1. The second-order valence-electron chi connectivity index (χ2n) is 3.42. The van der Waals surface area contributed by atoms with E-state index in [0.717, 1.165) is 22.5 Å². The third-order valence-electron chi connectivity index (χ3n) is 2.43. The Hall–Kier alpha value is -0.960. The predicted octanol–water partition coefficient (Wildman–Crippen LogP) is 3.11. The first-order chi connectivity index (χ1) is 7.22. The molecule has 0 aromatic heterocycles. The number of hydrogen-bond donors (Lipinski definition) is 0. The first kappa shape index (κ1) is 12.1. The molecule has 0 saturated heterocycles. The number of hydrogen-bond acceptors (Lipinski definition) is 3. The van der Waals surface area contributed by atoms with Crippen LogP contribution in [0.15, 0.2) is 23.1 Å². The molecule has 1 unspecified atom stereocenters. The fraction of sp³-hybridized carbons (Fsp3) is 0.417. The molecule has 3 heteroatoms. The summed E-state index contributed by atoms with van der Waals surface area (Å²) in [4.78, 5) is 11.6. The van der Waals surface area contributed by atoms with Gasteiger partial charge in [0.2, 0.25) is 0 Å². The van der Waals surface area contributed by atoms with Crippen LogP contribution in [-0.2, 0) is 4.79 Å². The van der Waals surface area contributed by atoms with Crippen molar-refractivity contribution in [1.82, 2.24) is 0 Å². The van der Waals surface area contributed by atoms with Crippen molar-refractivity contribution in [2.24, 2.45) is 0 Å². The Bertz CT molecular complexity index is 336. The Morgan fingerprint density at radius 2 is 2.27 bits per heavy atom. The van der Waals surface area contributed by atoms with Crippen molar-refractivity contribution in [3.8, 4) is 5.75 Å². The van der Waals surface area contributed by atoms with Crippen molar-refractivity contribution in [3.05, 3.63) is 23.8 Å². The molecule has 0 heterocycles. The minimum Gasteiger partial charge on any atom is -0.496 e. The van der Waals surface area contributed by atoms with Crippen molar-refractivity contribution >= 4 is 18.0 Å². The SMILES string of the molecule is COc1cc(C(C)CC=O)ccc1SC. The highest BCUT2D eigenvalue weighted by Crippen LogP contribution is 2.31. The van der Waals surface area contributed by atoms with Crippen LogP contribution in [0, 0.1) is 0 Å². The minimum absolute atomic E-state index is 0.257. The van der Waals surface area contributed by atoms with Gasteiger partial charge in [-0.15, -0.1) is 11.8 Å². The van der Waals surface area contributed by atoms with Crippen molar-refractivity contribution in [2.45, 2.75) is 24.2 Å². The minimum atomic E-state index is 0.257. The average molecular weight is 224 g/mol. The standard InChI is InChI=1S/C12H16O2S/c1-9(6-7-13)10-4-5-12(15-3)11(8-10)14-2/h4-5,7-9H,6H2,1-3H3. The number of carbonyl (C=O) groups excluding carboxylic acids is 1. The van der Waals surface area contributed by atoms with E-state index in [0.29, 0.717) is 6.42 Å². The summed E-state index contributed by atoms with van der Waals surface area (Å²) in [5.74, 6) is 1.14. The van der Waals surface area contributed by atoms with Crippen LogP contribution in [0.4, 0.5) is 0 Å². The molecular weight excluding hydrogens is 208 g/mol. The molecule has 1 aromatic rings. The van der Waals surface area contributed by atoms with Crippen molar-refractivity contribution in [3.63, 3.8) is 0 Å². The summed E-state index contributed by atoms with van der Waals surface area (Å²) in [6, 6.07) is 6.11. The molecule has 1 aromatic carbocycles. The molecule has 0 saturated carbocycles. The van der Waals surface area contributed by atoms with E-state index in [2.05, 4.69) is 6.07 Å². The summed E-state index contributed by atoms with van der Waals surface area (Å²) in [6.07, 6.45) is 3.54. The van der Waals surface area contributed by atoms with Gasteiger partial charge in [0.05, 0.1) is 7.11 Å². The second kappa shape index (κ2) is 5.81. The quantitative estimate of drug-likeness (QED) is 0.568. The maximum atomic E-state index is 10.4. The molecule has 82 valence electrons. The highest BCUT2D eigenvalue weighted by molar-refractivity contribution is 7.98. The van der Waals surface area contributed by atoms with Crippen LogP contribution < -0.4 is 4.74 Å². The van der Waals surface area contributed by atoms with E-state index in [1.807, 2.05) is 25.3 Å². The van der Waals surface area contributed by atoms with Gasteiger partial charge >= 0.3 is 0 Å². The third kappa shape index (κ3) is 2.99. The highest BCUT2D eigenvalue weighted by Gasteiger charge is 2.08. The molecule has 0 fully saturated rings. The van der Waals surface area contributed by atoms with Gasteiger partial charge in [0.1, 0.15) is 12.0 Å². The Balaban J connectivity index is 2.96. The van der Waals surface area contributed by atoms with E-state index in [4.69, 9.17) is 4.74 Å². The molecule has 0 aliphatic carbocycles. The third-order valence-corrected chi connectivity index (χ3v) is 3.20. The number of carbonyl (C=O) groups is 1. The zero-order valence-electron chi connectivity index (χ0n) is 9.32. The average Bonchev–Trinajstić information content (AvgIpc) is 2.28. The summed E-state index contributed by atoms with van der Waals surface area (Å²) in [7, 11) is 1.67. The van der Waals surface area contributed by atoms with E-state index in [9.17, 15) is 4.79 Å². The van der Waals surface area contributed by atoms with Crippen LogP contribution in [-0.4, -0.2) is 19.7 Å². The molecule has 0 bridgehead atoms. The molecule has 15 heavy (non-hydrogen) atoms. The smallest absolute Gasteiger partial charge is 0.132 e. The van der Waals surface area contributed by atoms with Crippen LogP contribution in [0.3, 0.4) is 0 Å². The Labute approximate surface area is 95.0 Å². The van der Waals surface area contributed by atoms with Gasteiger partial charge in [0.25, 0.3) is 0 Å². The molecule has 0 amide bonds. The Morgan fingerprint density at radius 3 is 2.80 bits per heavy atom. The molecular formula is C12H16O2S. The van der Waals surface area contributed by atoms with Gasteiger partial charge < -0.3 is 9.53 Å². The van der Waals surface area contributed by atoms with Gasteiger partial charge in [-0.2, -0.15) is 0 Å². The lowest BCUT2D eigenvalue weighted by atomic mass is 9.98. The zero-order valence-corrected chi connectivity index (χ0v) is 10.1. The van der Waals surface area contributed by atoms with E-state index in [1.54, 1.807) is 18.9 Å². The highest BCUT2D eigenvalue weighted by atomic mass is 32.2. The summed E-state index contributed by atoms with van der Waals surface area (Å²) in [5, 5.41) is 0. The maximum absolute atomic E-state index is 10.4. The lowest BCUT2D eigenvalue weighted by Gasteiger charge is -2.12. The van der Waals surface area contributed by atoms with Crippen molar-refractivity contribution in [1.29, 1.82) is 0 Å². The van der Waals surface area contributed by atoms with Gasteiger partial charge in [-0.05, 0) is 29.9 Å². The predicted molar refractivity (Wildman–Crippen MR) is 63.9 cm³/mol. The first-order valence-corrected chi connectivity index (χ1v) is 6.11. The largest absolute Gasteiger partial charge is 0.496 e. The molecule has 0 N–H and O–H groups in total. The van der Waals surface area contributed by atoms with Crippen LogP contribution >= 0.6 is 11.8 Å². The molecule has 1 atom stereocenters. The summed E-state index contributed by atoms with van der Waals surface area (Å²) in [5.41, 5.74) is 1.15. The first-order valence-electron chi connectivity index (χ1n) is 4.88. The van der Waals surface area contributed by atoms with Gasteiger partial charge in [-0.3, -0.25) is 0 Å². The fourth-order valence-electron chi connectivity index (χ4n) is 1.44. The van der Waals surface area contributed by atoms with Crippen LogP contribution in [0.1, 0.15) is 24.8 Å². The van der Waals surface area contributed by atoms with Crippen LogP contribution in [0.5, 0.6) is 5.75 Å². The van der Waals surface area contributed by atoms with E-state index >= 15 is 0 Å². The number of benzene rings is 1. The number of thioether (sulfide) groups is 1. The molecule has 0 aliphatic heterocycles. The lowest BCUT2D eigenvalue weighted by molar-refractivity contribution is -0.108. The van der Waals surface area contributed by atoms with Gasteiger partial charge in [0.15, 0.2) is 0 Å². The van der Waals surface area contributed by atoms with Crippen LogP contribution in [0.2, 0.25) is 0 Å². The van der Waals surface area contributed by atoms with E-state index in [-0.39, 0.29) is 5.92 Å². The normalized spacial score (nSPS) is 12.2. The monoisotopic (exact) mass is 224 g/mol. The molecule has 0 spiro atoms. The van der Waals surface area contributed by atoms with Gasteiger partial charge in [-0.1, -0.05) is 13.0 Å². The number of methoxy groups -OCH3 is 1. The van der Waals surface area contributed by atoms with Crippen molar-refractivity contribution in [2.75, 3.05) is 13.4 Å². The molecule has 2 nitrogen and oxygen atoms in total. The summed E-state index contributed by atoms with van der Waals surface area (Å²) < 4.78 is 5.30. The van der Waals surface area contributed by atoms with E-state index < -0.39 is 0 Å². The molecule has 0 aliphatic rings. The molecule has 0 radical (unpaired) electrons. The topological polar surface area (TPSA) is 26.3 Å². The van der Waals surface area contributed by atoms with Gasteiger partial charge in [-0.25, -0.2) is 0 Å². The van der Waals surface area contributed by atoms with Gasteiger partial charge in [0, 0.05) is 11.3 Å². The summed E-state index contributed by atoms with van der Waals surface area (Å²) >= 11 is 1.66. The van der Waals surface area contributed by atoms with Crippen molar-refractivity contribution < 1.29 is 9.53 Å². The summed E-state index contributed by atoms with van der Waals surface area (Å²) in [6.45, 7) is 2.04. The maximum Gasteiger partial charge on any atom is 0.132 e. The van der Waals surface area contributed by atoms with E-state index in [1.165, 1.54) is 0 Å². The second-order valence-corrected chi connectivity index (χ2v) is 4.27. The Morgan fingerprint density at radius 1 is 1.53 bits per heavy atom. The number of rotatable bonds is 5. The lowest BCUT2D eigenvalue weighted by Crippen LogP contribution is -1.96. The molecule has 1 rings (SSSR count). The van der Waals surface area contributed by atoms with Crippen LogP contribution in [0.25, 0.3) is 0 Å². The Kier molecular flexibility index (Phi) is 4.69. The fourth-order valence-corrected chi connectivity index (χ4v) is 1.99. The number of aldehydes is 1.